The Kier molecular flexibility index (Phi) is 4.93. The summed E-state index contributed by atoms with van der Waals surface area (Å²) in [5.74, 6) is -0.216. The first kappa shape index (κ1) is 16.6. The van der Waals surface area contributed by atoms with E-state index < -0.39 is 17.3 Å². The first-order chi connectivity index (χ1) is 10.3. The van der Waals surface area contributed by atoms with E-state index in [1.807, 2.05) is 0 Å². The molecule has 1 aliphatic rings. The van der Waals surface area contributed by atoms with Crippen LogP contribution in [0.25, 0.3) is 0 Å². The highest BCUT2D eigenvalue weighted by Gasteiger charge is 2.31. The number of halogens is 3. The van der Waals surface area contributed by atoms with Gasteiger partial charge in [-0.2, -0.15) is 13.2 Å². The van der Waals surface area contributed by atoms with E-state index in [1.165, 1.54) is 6.92 Å². The lowest BCUT2D eigenvalue weighted by Crippen LogP contribution is -2.37. The molecule has 1 saturated heterocycles. The molecule has 1 fully saturated rings. The summed E-state index contributed by atoms with van der Waals surface area (Å²) in [5, 5.41) is 0. The Morgan fingerprint density at radius 1 is 1.14 bits per heavy atom. The van der Waals surface area contributed by atoms with E-state index in [4.69, 9.17) is 0 Å². The SMILES string of the molecule is Cc1cc(C(F)(F)F)cc(=O)n1CC(=O)N1CCCCCC1. The highest BCUT2D eigenvalue weighted by atomic mass is 19.4. The van der Waals surface area contributed by atoms with Crippen molar-refractivity contribution in [1.29, 1.82) is 0 Å². The van der Waals surface area contributed by atoms with Gasteiger partial charge < -0.3 is 9.47 Å². The average Bonchev–Trinajstić information content (AvgIpc) is 2.70. The van der Waals surface area contributed by atoms with Crippen LogP contribution in [0.1, 0.15) is 36.9 Å². The number of hydrogen-bond acceptors (Lipinski definition) is 2. The third-order valence-electron chi connectivity index (χ3n) is 3.91. The highest BCUT2D eigenvalue weighted by molar-refractivity contribution is 5.76. The molecule has 1 aromatic rings. The summed E-state index contributed by atoms with van der Waals surface area (Å²) in [5.41, 5.74) is -1.63. The Hall–Kier alpha value is -1.79. The van der Waals surface area contributed by atoms with Crippen LogP contribution in [-0.2, 0) is 17.5 Å². The van der Waals surface area contributed by atoms with Crippen LogP contribution >= 0.6 is 0 Å². The zero-order valence-electron chi connectivity index (χ0n) is 12.4. The van der Waals surface area contributed by atoms with Crippen molar-refractivity contribution in [3.05, 3.63) is 33.7 Å². The van der Waals surface area contributed by atoms with Crippen LogP contribution in [0.3, 0.4) is 0 Å². The van der Waals surface area contributed by atoms with E-state index in [2.05, 4.69) is 0 Å². The monoisotopic (exact) mass is 316 g/mol. The summed E-state index contributed by atoms with van der Waals surface area (Å²) < 4.78 is 39.1. The van der Waals surface area contributed by atoms with Gasteiger partial charge in [0.15, 0.2) is 0 Å². The molecule has 0 spiro atoms. The van der Waals surface area contributed by atoms with Crippen molar-refractivity contribution in [2.24, 2.45) is 0 Å². The van der Waals surface area contributed by atoms with E-state index in [-0.39, 0.29) is 18.1 Å². The van der Waals surface area contributed by atoms with Gasteiger partial charge in [0.25, 0.3) is 5.56 Å². The molecule has 0 radical (unpaired) electrons. The minimum Gasteiger partial charge on any atom is -0.341 e. The summed E-state index contributed by atoms with van der Waals surface area (Å²) in [6, 6.07) is 1.44. The number of alkyl halides is 3. The van der Waals surface area contributed by atoms with Crippen LogP contribution in [0, 0.1) is 6.92 Å². The molecule has 0 bridgehead atoms. The molecule has 1 aromatic heterocycles. The zero-order chi connectivity index (χ0) is 16.3. The maximum Gasteiger partial charge on any atom is 0.416 e. The van der Waals surface area contributed by atoms with Gasteiger partial charge in [-0.15, -0.1) is 0 Å². The van der Waals surface area contributed by atoms with Crippen LogP contribution in [0.5, 0.6) is 0 Å². The third kappa shape index (κ3) is 3.90. The summed E-state index contributed by atoms with van der Waals surface area (Å²) in [6.07, 6.45) is -0.566. The van der Waals surface area contributed by atoms with Crippen molar-refractivity contribution in [2.45, 2.75) is 45.3 Å². The molecular weight excluding hydrogens is 297 g/mol. The minimum absolute atomic E-state index is 0.142. The summed E-state index contributed by atoms with van der Waals surface area (Å²) >= 11 is 0. The second-order valence-corrected chi connectivity index (χ2v) is 5.60. The van der Waals surface area contributed by atoms with Gasteiger partial charge in [-0.05, 0) is 25.8 Å². The molecule has 0 unspecified atom stereocenters. The molecule has 0 aromatic carbocycles. The van der Waals surface area contributed by atoms with Crippen molar-refractivity contribution in [1.82, 2.24) is 9.47 Å². The topological polar surface area (TPSA) is 42.3 Å². The number of rotatable bonds is 2. The van der Waals surface area contributed by atoms with Crippen LogP contribution in [0.4, 0.5) is 13.2 Å². The predicted octanol–water partition coefficient (Wildman–Crippen LogP) is 2.58. The number of pyridine rings is 1. The van der Waals surface area contributed by atoms with Crippen LogP contribution < -0.4 is 5.56 Å². The third-order valence-corrected chi connectivity index (χ3v) is 3.91. The van der Waals surface area contributed by atoms with E-state index in [0.717, 1.165) is 36.3 Å². The van der Waals surface area contributed by atoms with Crippen molar-refractivity contribution >= 4 is 5.91 Å². The van der Waals surface area contributed by atoms with Gasteiger partial charge in [0.1, 0.15) is 6.54 Å². The van der Waals surface area contributed by atoms with E-state index in [0.29, 0.717) is 19.2 Å². The molecule has 2 rings (SSSR count). The average molecular weight is 316 g/mol. The molecule has 0 saturated carbocycles. The lowest BCUT2D eigenvalue weighted by atomic mass is 10.2. The minimum atomic E-state index is -4.56. The molecular formula is C15H19F3N2O2. The molecule has 4 nitrogen and oxygen atoms in total. The number of aromatic nitrogens is 1. The maximum atomic E-state index is 12.7. The summed E-state index contributed by atoms with van der Waals surface area (Å²) in [7, 11) is 0. The van der Waals surface area contributed by atoms with Gasteiger partial charge in [0, 0.05) is 24.8 Å². The van der Waals surface area contributed by atoms with Crippen molar-refractivity contribution in [2.75, 3.05) is 13.1 Å². The zero-order valence-corrected chi connectivity index (χ0v) is 12.4. The molecule has 0 atom stereocenters. The molecule has 122 valence electrons. The number of nitrogens with zero attached hydrogens (tertiary/aromatic N) is 2. The number of amides is 1. The predicted molar refractivity (Wildman–Crippen MR) is 75.5 cm³/mol. The largest absolute Gasteiger partial charge is 0.416 e. The van der Waals surface area contributed by atoms with Crippen LogP contribution in [0.15, 0.2) is 16.9 Å². The van der Waals surface area contributed by atoms with Gasteiger partial charge in [-0.25, -0.2) is 0 Å². The number of carbonyl (C=O) groups is 1. The fourth-order valence-corrected chi connectivity index (χ4v) is 2.65. The molecule has 1 amide bonds. The first-order valence-corrected chi connectivity index (χ1v) is 7.35. The van der Waals surface area contributed by atoms with Gasteiger partial charge in [-0.3, -0.25) is 9.59 Å². The van der Waals surface area contributed by atoms with Crippen LogP contribution in [0.2, 0.25) is 0 Å². The smallest absolute Gasteiger partial charge is 0.341 e. The molecule has 0 N–H and O–H groups in total. The molecule has 22 heavy (non-hydrogen) atoms. The van der Waals surface area contributed by atoms with Gasteiger partial charge in [0.05, 0.1) is 5.56 Å². The molecule has 7 heteroatoms. The Balaban J connectivity index is 2.19. The second-order valence-electron chi connectivity index (χ2n) is 5.60. The highest BCUT2D eigenvalue weighted by Crippen LogP contribution is 2.28. The number of aryl methyl sites for hydroxylation is 1. The van der Waals surface area contributed by atoms with Crippen LogP contribution in [-0.4, -0.2) is 28.5 Å². The normalized spacial score (nSPS) is 16.5. The summed E-state index contributed by atoms with van der Waals surface area (Å²) in [4.78, 5) is 25.8. The first-order valence-electron chi connectivity index (χ1n) is 7.35. The molecule has 2 heterocycles. The Morgan fingerprint density at radius 2 is 1.73 bits per heavy atom. The number of likely N-dealkylation sites (tertiary alicyclic amines) is 1. The van der Waals surface area contributed by atoms with Crippen molar-refractivity contribution < 1.29 is 18.0 Å². The Bertz CT molecular complexity index is 600. The standard InChI is InChI=1S/C15H19F3N2O2/c1-11-8-12(15(16,17)18)9-13(21)20(11)10-14(22)19-6-4-2-3-5-7-19/h8-9H,2-7,10H2,1H3. The van der Waals surface area contributed by atoms with E-state index >= 15 is 0 Å². The van der Waals surface area contributed by atoms with E-state index in [9.17, 15) is 22.8 Å². The van der Waals surface area contributed by atoms with Gasteiger partial charge >= 0.3 is 6.18 Å². The number of hydrogen-bond donors (Lipinski definition) is 0. The maximum absolute atomic E-state index is 12.7. The Morgan fingerprint density at radius 3 is 2.23 bits per heavy atom. The lowest BCUT2D eigenvalue weighted by Gasteiger charge is -2.21. The quantitative estimate of drug-likeness (QED) is 0.841. The fraction of sp³-hybridized carbons (Fsp3) is 0.600. The lowest BCUT2D eigenvalue weighted by molar-refractivity contribution is -0.137. The van der Waals surface area contributed by atoms with Gasteiger partial charge in [-0.1, -0.05) is 12.8 Å². The van der Waals surface area contributed by atoms with E-state index in [1.54, 1.807) is 4.90 Å². The fourth-order valence-electron chi connectivity index (χ4n) is 2.65. The van der Waals surface area contributed by atoms with Gasteiger partial charge in [0.2, 0.25) is 5.91 Å². The van der Waals surface area contributed by atoms with Crippen molar-refractivity contribution in [3.8, 4) is 0 Å². The molecule has 0 aliphatic carbocycles. The number of carbonyl (C=O) groups excluding carboxylic acids is 1. The summed E-state index contributed by atoms with van der Waals surface area (Å²) in [6.45, 7) is 2.50. The second kappa shape index (κ2) is 6.54. The Labute approximate surface area is 126 Å². The molecule has 1 aliphatic heterocycles. The van der Waals surface area contributed by atoms with Crippen molar-refractivity contribution in [3.63, 3.8) is 0 Å².